The SMILES string of the molecule is COC(=O)CC[C@@H]1C=CCC1. The zero-order valence-corrected chi connectivity index (χ0v) is 6.88. The van der Waals surface area contributed by atoms with E-state index < -0.39 is 0 Å². The average Bonchev–Trinajstić information content (AvgIpc) is 2.52. The van der Waals surface area contributed by atoms with E-state index in [1.165, 1.54) is 20.0 Å². The van der Waals surface area contributed by atoms with Gasteiger partial charge in [0.05, 0.1) is 7.11 Å². The molecule has 0 saturated heterocycles. The molecule has 0 spiro atoms. The lowest BCUT2D eigenvalue weighted by Gasteiger charge is -2.04. The lowest BCUT2D eigenvalue weighted by atomic mass is 10.0. The molecule has 2 heteroatoms. The predicted octanol–water partition coefficient (Wildman–Crippen LogP) is 1.91. The maximum atomic E-state index is 10.7. The van der Waals surface area contributed by atoms with Gasteiger partial charge in [-0.05, 0) is 25.2 Å². The summed E-state index contributed by atoms with van der Waals surface area (Å²) in [5.41, 5.74) is 0. The van der Waals surface area contributed by atoms with Crippen LogP contribution in [-0.4, -0.2) is 13.1 Å². The van der Waals surface area contributed by atoms with Gasteiger partial charge in [0.2, 0.25) is 0 Å². The normalized spacial score (nSPS) is 22.1. The van der Waals surface area contributed by atoms with Crippen molar-refractivity contribution in [3.63, 3.8) is 0 Å². The minimum Gasteiger partial charge on any atom is -0.469 e. The Morgan fingerprint density at radius 2 is 2.55 bits per heavy atom. The third kappa shape index (κ3) is 2.74. The summed E-state index contributed by atoms with van der Waals surface area (Å²) in [5, 5.41) is 0. The highest BCUT2D eigenvalue weighted by molar-refractivity contribution is 5.69. The molecule has 0 unspecified atom stereocenters. The van der Waals surface area contributed by atoms with Crippen LogP contribution in [0.5, 0.6) is 0 Å². The van der Waals surface area contributed by atoms with E-state index in [0.29, 0.717) is 12.3 Å². The van der Waals surface area contributed by atoms with E-state index in [-0.39, 0.29) is 5.97 Å². The fraction of sp³-hybridized carbons (Fsp3) is 0.667. The third-order valence-electron chi connectivity index (χ3n) is 2.06. The molecule has 1 aliphatic rings. The minimum absolute atomic E-state index is 0.0923. The summed E-state index contributed by atoms with van der Waals surface area (Å²) in [5.74, 6) is 0.527. The molecule has 0 bridgehead atoms. The Morgan fingerprint density at radius 3 is 3.09 bits per heavy atom. The number of carbonyl (C=O) groups excluding carboxylic acids is 1. The number of esters is 1. The molecule has 2 nitrogen and oxygen atoms in total. The van der Waals surface area contributed by atoms with Gasteiger partial charge >= 0.3 is 5.97 Å². The first kappa shape index (κ1) is 8.31. The van der Waals surface area contributed by atoms with Gasteiger partial charge in [-0.3, -0.25) is 4.79 Å². The van der Waals surface area contributed by atoms with E-state index in [2.05, 4.69) is 16.9 Å². The van der Waals surface area contributed by atoms with Crippen LogP contribution in [-0.2, 0) is 9.53 Å². The van der Waals surface area contributed by atoms with Gasteiger partial charge in [0, 0.05) is 6.42 Å². The van der Waals surface area contributed by atoms with Gasteiger partial charge in [0.25, 0.3) is 0 Å². The highest BCUT2D eigenvalue weighted by atomic mass is 16.5. The Morgan fingerprint density at radius 1 is 1.73 bits per heavy atom. The second-order valence-electron chi connectivity index (χ2n) is 2.88. The quantitative estimate of drug-likeness (QED) is 0.458. The molecular formula is C9H14O2. The second kappa shape index (κ2) is 4.16. The van der Waals surface area contributed by atoms with Gasteiger partial charge in [-0.2, -0.15) is 0 Å². The molecule has 1 rings (SSSR count). The predicted molar refractivity (Wildman–Crippen MR) is 43.1 cm³/mol. The van der Waals surface area contributed by atoms with Crippen molar-refractivity contribution in [3.05, 3.63) is 12.2 Å². The highest BCUT2D eigenvalue weighted by Crippen LogP contribution is 2.21. The van der Waals surface area contributed by atoms with Crippen molar-refractivity contribution >= 4 is 5.97 Å². The lowest BCUT2D eigenvalue weighted by Crippen LogP contribution is -2.02. The van der Waals surface area contributed by atoms with Crippen LogP contribution < -0.4 is 0 Å². The highest BCUT2D eigenvalue weighted by Gasteiger charge is 2.10. The Bertz CT molecular complexity index is 161. The zero-order valence-electron chi connectivity index (χ0n) is 6.88. The van der Waals surface area contributed by atoms with Gasteiger partial charge in [-0.1, -0.05) is 12.2 Å². The number of allylic oxidation sites excluding steroid dienone is 2. The molecule has 0 radical (unpaired) electrons. The Kier molecular flexibility index (Phi) is 3.14. The number of carbonyl (C=O) groups is 1. The van der Waals surface area contributed by atoms with Crippen LogP contribution >= 0.6 is 0 Å². The largest absolute Gasteiger partial charge is 0.469 e. The van der Waals surface area contributed by atoms with E-state index in [1.807, 2.05) is 0 Å². The smallest absolute Gasteiger partial charge is 0.305 e. The molecule has 0 fully saturated rings. The van der Waals surface area contributed by atoms with Crippen molar-refractivity contribution < 1.29 is 9.53 Å². The molecule has 0 amide bonds. The van der Waals surface area contributed by atoms with Crippen molar-refractivity contribution in [2.75, 3.05) is 7.11 Å². The maximum Gasteiger partial charge on any atom is 0.305 e. The Labute approximate surface area is 67.2 Å². The van der Waals surface area contributed by atoms with Crippen LogP contribution in [0.3, 0.4) is 0 Å². The van der Waals surface area contributed by atoms with E-state index in [0.717, 1.165) is 6.42 Å². The zero-order chi connectivity index (χ0) is 8.10. The fourth-order valence-corrected chi connectivity index (χ4v) is 1.34. The molecule has 1 aliphatic carbocycles. The van der Waals surface area contributed by atoms with Crippen molar-refractivity contribution in [3.8, 4) is 0 Å². The molecule has 11 heavy (non-hydrogen) atoms. The topological polar surface area (TPSA) is 26.3 Å². The molecule has 0 aromatic heterocycles. The molecule has 0 aliphatic heterocycles. The molecule has 0 heterocycles. The summed E-state index contributed by atoms with van der Waals surface area (Å²) in [7, 11) is 1.44. The van der Waals surface area contributed by atoms with Crippen LogP contribution in [0.2, 0.25) is 0 Å². The van der Waals surface area contributed by atoms with Crippen LogP contribution in [0.4, 0.5) is 0 Å². The van der Waals surface area contributed by atoms with Gasteiger partial charge in [-0.25, -0.2) is 0 Å². The average molecular weight is 154 g/mol. The molecule has 1 atom stereocenters. The maximum absolute atomic E-state index is 10.7. The molecule has 0 saturated carbocycles. The van der Waals surface area contributed by atoms with Crippen LogP contribution in [0.25, 0.3) is 0 Å². The van der Waals surface area contributed by atoms with Crippen LogP contribution in [0, 0.1) is 5.92 Å². The second-order valence-corrected chi connectivity index (χ2v) is 2.88. The van der Waals surface area contributed by atoms with Crippen molar-refractivity contribution in [1.82, 2.24) is 0 Å². The molecular weight excluding hydrogens is 140 g/mol. The summed E-state index contributed by atoms with van der Waals surface area (Å²) in [6.45, 7) is 0. The van der Waals surface area contributed by atoms with Crippen molar-refractivity contribution in [1.29, 1.82) is 0 Å². The van der Waals surface area contributed by atoms with E-state index in [4.69, 9.17) is 0 Å². The fourth-order valence-electron chi connectivity index (χ4n) is 1.34. The number of methoxy groups -OCH3 is 1. The van der Waals surface area contributed by atoms with Gasteiger partial charge < -0.3 is 4.74 Å². The number of hydrogen-bond acceptors (Lipinski definition) is 2. The summed E-state index contributed by atoms with van der Waals surface area (Å²) in [4.78, 5) is 10.7. The number of rotatable bonds is 3. The Balaban J connectivity index is 2.11. The molecule has 0 N–H and O–H groups in total. The van der Waals surface area contributed by atoms with E-state index in [9.17, 15) is 4.79 Å². The van der Waals surface area contributed by atoms with Crippen LogP contribution in [0.1, 0.15) is 25.7 Å². The third-order valence-corrected chi connectivity index (χ3v) is 2.06. The van der Waals surface area contributed by atoms with Gasteiger partial charge in [0.15, 0.2) is 0 Å². The first-order valence-corrected chi connectivity index (χ1v) is 4.06. The standard InChI is InChI=1S/C9H14O2/c1-11-9(10)7-6-8-4-2-3-5-8/h2,4,8H,3,5-7H2,1H3/t8-/m1/s1. The summed E-state index contributed by atoms with van der Waals surface area (Å²) >= 11 is 0. The molecule has 0 aromatic carbocycles. The van der Waals surface area contributed by atoms with E-state index >= 15 is 0 Å². The summed E-state index contributed by atoms with van der Waals surface area (Å²) < 4.78 is 4.55. The first-order chi connectivity index (χ1) is 5.33. The van der Waals surface area contributed by atoms with Gasteiger partial charge in [0.1, 0.15) is 0 Å². The lowest BCUT2D eigenvalue weighted by molar-refractivity contribution is -0.140. The van der Waals surface area contributed by atoms with E-state index in [1.54, 1.807) is 0 Å². The van der Waals surface area contributed by atoms with Crippen molar-refractivity contribution in [2.45, 2.75) is 25.7 Å². The van der Waals surface area contributed by atoms with Gasteiger partial charge in [-0.15, -0.1) is 0 Å². The number of hydrogen-bond donors (Lipinski definition) is 0. The molecule has 62 valence electrons. The van der Waals surface area contributed by atoms with Crippen molar-refractivity contribution in [2.24, 2.45) is 5.92 Å². The minimum atomic E-state index is -0.0923. The molecule has 0 aromatic rings. The first-order valence-electron chi connectivity index (χ1n) is 4.06. The monoisotopic (exact) mass is 154 g/mol. The Hall–Kier alpha value is -0.790. The summed E-state index contributed by atoms with van der Waals surface area (Å²) in [6, 6.07) is 0. The van der Waals surface area contributed by atoms with Crippen LogP contribution in [0.15, 0.2) is 12.2 Å². The summed E-state index contributed by atoms with van der Waals surface area (Å²) in [6.07, 6.45) is 8.27. The number of ether oxygens (including phenoxy) is 1.